The third-order valence-electron chi connectivity index (χ3n) is 7.53. The zero-order valence-corrected chi connectivity index (χ0v) is 20.0. The lowest BCUT2D eigenvalue weighted by molar-refractivity contribution is 0.340. The van der Waals surface area contributed by atoms with Gasteiger partial charge in [0.25, 0.3) is 0 Å². The molecule has 4 unspecified atom stereocenters. The molecule has 0 radical (unpaired) electrons. The first kappa shape index (κ1) is 22.1. The van der Waals surface area contributed by atoms with Gasteiger partial charge in [-0.15, -0.1) is 23.5 Å². The van der Waals surface area contributed by atoms with Gasteiger partial charge >= 0.3 is 0 Å². The van der Waals surface area contributed by atoms with Crippen LogP contribution >= 0.6 is 23.5 Å². The smallest absolute Gasteiger partial charge is 0.197 e. The summed E-state index contributed by atoms with van der Waals surface area (Å²) in [6.45, 7) is 4.08. The third kappa shape index (κ3) is 2.81. The Kier molecular flexibility index (Phi) is 4.88. The van der Waals surface area contributed by atoms with E-state index in [2.05, 4.69) is 0 Å². The maximum Gasteiger partial charge on any atom is 0.197 e. The van der Waals surface area contributed by atoms with Crippen LogP contribution in [0.5, 0.6) is 0 Å². The molecule has 6 rings (SSSR count). The van der Waals surface area contributed by atoms with Gasteiger partial charge in [-0.1, -0.05) is 72.8 Å². The summed E-state index contributed by atoms with van der Waals surface area (Å²) in [7, 11) is 0. The zero-order chi connectivity index (χ0) is 23.8. The highest BCUT2D eigenvalue weighted by Gasteiger charge is 2.64. The van der Waals surface area contributed by atoms with Crippen LogP contribution in [0.15, 0.2) is 72.8 Å². The van der Waals surface area contributed by atoms with Crippen LogP contribution in [0.1, 0.15) is 47.9 Å². The van der Waals surface area contributed by atoms with Crippen LogP contribution in [-0.2, 0) is 0 Å². The molecule has 6 heteroatoms. The highest BCUT2D eigenvalue weighted by molar-refractivity contribution is 8.13. The number of hydrogen-bond acceptors (Lipinski definition) is 2. The number of hydrogen-bond donors (Lipinski definition) is 0. The molecule has 0 saturated carbocycles. The molecule has 0 fully saturated rings. The first-order chi connectivity index (χ1) is 16.3. The number of thioether (sulfide) groups is 2. The summed E-state index contributed by atoms with van der Waals surface area (Å²) >= 11 is 3.22. The summed E-state index contributed by atoms with van der Waals surface area (Å²) in [5.74, 6) is -7.30. The quantitative estimate of drug-likeness (QED) is 0.198. The van der Waals surface area contributed by atoms with E-state index in [0.717, 1.165) is 20.9 Å². The summed E-state index contributed by atoms with van der Waals surface area (Å²) in [6, 6.07) is 19.4. The topological polar surface area (TPSA) is 0 Å². The van der Waals surface area contributed by atoms with Gasteiger partial charge in [0.15, 0.2) is 23.3 Å². The lowest BCUT2D eigenvalue weighted by atomic mass is 9.63. The molecule has 3 aliphatic rings. The average molecular weight is 497 g/mol. The number of fused-ring (bicyclic) bond motifs is 6. The molecule has 4 atom stereocenters. The van der Waals surface area contributed by atoms with Crippen molar-refractivity contribution < 1.29 is 17.6 Å². The van der Waals surface area contributed by atoms with Crippen molar-refractivity contribution in [2.24, 2.45) is 0 Å². The lowest BCUT2D eigenvalue weighted by Gasteiger charge is -2.52. The molecule has 34 heavy (non-hydrogen) atoms. The van der Waals surface area contributed by atoms with Crippen molar-refractivity contribution in [1.29, 1.82) is 0 Å². The van der Waals surface area contributed by atoms with Crippen LogP contribution in [0.25, 0.3) is 9.81 Å². The molecule has 3 aromatic carbocycles. The van der Waals surface area contributed by atoms with E-state index >= 15 is 8.78 Å². The Balaban J connectivity index is 1.62. The number of benzene rings is 3. The van der Waals surface area contributed by atoms with Gasteiger partial charge in [0.1, 0.15) is 0 Å². The van der Waals surface area contributed by atoms with Gasteiger partial charge in [0, 0.05) is 42.3 Å². The van der Waals surface area contributed by atoms with Crippen molar-refractivity contribution >= 4 is 33.3 Å². The van der Waals surface area contributed by atoms with E-state index in [1.165, 1.54) is 0 Å². The molecule has 0 aromatic heterocycles. The molecule has 1 aliphatic carbocycles. The van der Waals surface area contributed by atoms with E-state index in [-0.39, 0.29) is 11.1 Å². The van der Waals surface area contributed by atoms with Gasteiger partial charge in [0.2, 0.25) is 0 Å². The van der Waals surface area contributed by atoms with E-state index < -0.39 is 44.6 Å². The van der Waals surface area contributed by atoms with Crippen molar-refractivity contribution in [1.82, 2.24) is 0 Å². The average Bonchev–Trinajstić information content (AvgIpc) is 3.41. The normalized spacial score (nSPS) is 29.2. The molecule has 0 saturated heterocycles. The van der Waals surface area contributed by atoms with Crippen molar-refractivity contribution in [3.8, 4) is 0 Å². The van der Waals surface area contributed by atoms with Gasteiger partial charge in [-0.05, 0) is 25.0 Å². The SMILES string of the molecule is CC12SC(c3ccccc3)=CC1c1c(F)c(F)c(F)c(F)c1C1C=C(c3ccccc3)SC12C. The summed E-state index contributed by atoms with van der Waals surface area (Å²) in [6.07, 6.45) is 3.81. The lowest BCUT2D eigenvalue weighted by Crippen LogP contribution is -2.53. The van der Waals surface area contributed by atoms with E-state index in [9.17, 15) is 8.78 Å². The second-order valence-electron chi connectivity index (χ2n) is 9.25. The summed E-state index contributed by atoms with van der Waals surface area (Å²) in [5.41, 5.74) is 1.80. The summed E-state index contributed by atoms with van der Waals surface area (Å²) in [4.78, 5) is 1.86. The molecular formula is C28H20F4S2. The van der Waals surface area contributed by atoms with Crippen LogP contribution in [0.3, 0.4) is 0 Å². The van der Waals surface area contributed by atoms with Crippen LogP contribution in [0.4, 0.5) is 17.6 Å². The van der Waals surface area contributed by atoms with Crippen molar-refractivity contribution in [2.75, 3.05) is 0 Å². The summed E-state index contributed by atoms with van der Waals surface area (Å²) in [5, 5.41) is 0. The molecule has 172 valence electrons. The van der Waals surface area contributed by atoms with E-state index in [0.29, 0.717) is 0 Å². The third-order valence-corrected chi connectivity index (χ3v) is 11.0. The highest BCUT2D eigenvalue weighted by Crippen LogP contribution is 2.73. The van der Waals surface area contributed by atoms with Gasteiger partial charge < -0.3 is 0 Å². The van der Waals surface area contributed by atoms with Gasteiger partial charge in [-0.25, -0.2) is 17.6 Å². The largest absolute Gasteiger partial charge is 0.203 e. The number of allylic oxidation sites excluding steroid dienone is 2. The molecule has 0 spiro atoms. The molecule has 0 N–H and O–H groups in total. The fourth-order valence-corrected chi connectivity index (χ4v) is 8.96. The van der Waals surface area contributed by atoms with Crippen LogP contribution < -0.4 is 0 Å². The number of halogens is 4. The molecule has 0 bridgehead atoms. The molecule has 2 aliphatic heterocycles. The minimum atomic E-state index is -1.74. The van der Waals surface area contributed by atoms with Crippen molar-refractivity contribution in [3.63, 3.8) is 0 Å². The predicted octanol–water partition coefficient (Wildman–Crippen LogP) is 8.52. The first-order valence-corrected chi connectivity index (χ1v) is 12.7. The fraction of sp³-hybridized carbons (Fsp3) is 0.214. The Morgan fingerprint density at radius 1 is 0.559 bits per heavy atom. The Bertz CT molecular complexity index is 1280. The van der Waals surface area contributed by atoms with Gasteiger partial charge in [-0.3, -0.25) is 0 Å². The number of rotatable bonds is 2. The van der Waals surface area contributed by atoms with Gasteiger partial charge in [0.05, 0.1) is 0 Å². The monoisotopic (exact) mass is 496 g/mol. The van der Waals surface area contributed by atoms with E-state index in [4.69, 9.17) is 0 Å². The highest BCUT2D eigenvalue weighted by atomic mass is 32.2. The van der Waals surface area contributed by atoms with Crippen molar-refractivity contribution in [3.05, 3.63) is 118 Å². The minimum absolute atomic E-state index is 0.0639. The standard InChI is InChI=1S/C28H20F4S2/c1-27-17(13-19(33-27)15-9-5-3-6-10-15)21-22(24(30)26(32)25(31)23(21)29)18-14-20(34-28(18,27)2)16-11-7-4-8-12-16/h3-14,17-18H,1-2H3. The molecule has 0 amide bonds. The predicted molar refractivity (Wildman–Crippen MR) is 133 cm³/mol. The zero-order valence-electron chi connectivity index (χ0n) is 18.4. The molecule has 2 heterocycles. The molecule has 0 nitrogen and oxygen atoms in total. The fourth-order valence-electron chi connectivity index (χ4n) is 5.60. The van der Waals surface area contributed by atoms with Crippen molar-refractivity contribution in [2.45, 2.75) is 35.2 Å². The second-order valence-corrected chi connectivity index (χ2v) is 12.2. The van der Waals surface area contributed by atoms with E-state index in [1.54, 1.807) is 23.5 Å². The Labute approximate surface area is 204 Å². The Morgan fingerprint density at radius 3 is 1.26 bits per heavy atom. The van der Waals surface area contributed by atoms with Gasteiger partial charge in [-0.2, -0.15) is 0 Å². The molecular weight excluding hydrogens is 476 g/mol. The summed E-state index contributed by atoms with van der Waals surface area (Å²) < 4.78 is 58.6. The Hall–Kier alpha value is -2.44. The first-order valence-electron chi connectivity index (χ1n) is 11.0. The maximum atomic E-state index is 15.4. The van der Waals surface area contributed by atoms with Crippen LogP contribution in [0.2, 0.25) is 0 Å². The van der Waals surface area contributed by atoms with Crippen LogP contribution in [0, 0.1) is 23.3 Å². The molecule has 3 aromatic rings. The minimum Gasteiger partial charge on any atom is -0.203 e. The Morgan fingerprint density at radius 2 is 0.912 bits per heavy atom. The van der Waals surface area contributed by atoms with Crippen LogP contribution in [-0.4, -0.2) is 9.49 Å². The second kappa shape index (κ2) is 7.53. The van der Waals surface area contributed by atoms with E-state index in [1.807, 2.05) is 86.7 Å². The maximum absolute atomic E-state index is 15.4.